The van der Waals surface area contributed by atoms with Crippen LogP contribution in [0.5, 0.6) is 0 Å². The van der Waals surface area contributed by atoms with E-state index in [9.17, 15) is 0 Å². The summed E-state index contributed by atoms with van der Waals surface area (Å²) in [4.78, 5) is 4.89. The summed E-state index contributed by atoms with van der Waals surface area (Å²) < 4.78 is 0. The molecule has 0 radical (unpaired) electrons. The average molecular weight is 269 g/mol. The molecule has 0 aromatic carbocycles. The van der Waals surface area contributed by atoms with Crippen LogP contribution in [0.15, 0.2) is 0 Å². The largest absolute Gasteiger partial charge is 0.344 e. The molecule has 2 rings (SSSR count). The number of unbranched alkanes of at least 4 members (excludes halogenated alkanes) is 2. The number of nitrogens with zero attached hydrogens (tertiary/aromatic N) is 4. The Morgan fingerprint density at radius 1 is 1.11 bits per heavy atom. The molecule has 1 saturated heterocycles. The molecule has 2 N–H and O–H groups in total. The number of aryl methyl sites for hydroxylation is 1. The monoisotopic (exact) mass is 269 g/mol. The number of aromatic nitrogens is 2. The topological polar surface area (TPSA) is 58.3 Å². The molecule has 0 aliphatic carbocycles. The summed E-state index contributed by atoms with van der Waals surface area (Å²) in [6, 6.07) is 0. The molecule has 18 heavy (non-hydrogen) atoms. The normalized spacial score (nSPS) is 17.3. The Kier molecular flexibility index (Phi) is 5.34. The van der Waals surface area contributed by atoms with Crippen LogP contribution >= 0.6 is 11.3 Å². The highest BCUT2D eigenvalue weighted by Gasteiger charge is 2.18. The highest BCUT2D eigenvalue weighted by molar-refractivity contribution is 7.15. The van der Waals surface area contributed by atoms with Gasteiger partial charge in [-0.05, 0) is 32.9 Å². The van der Waals surface area contributed by atoms with E-state index in [0.29, 0.717) is 0 Å². The summed E-state index contributed by atoms with van der Waals surface area (Å²) in [6.07, 6.45) is 3.69. The summed E-state index contributed by atoms with van der Waals surface area (Å²) in [7, 11) is 0. The van der Waals surface area contributed by atoms with Crippen LogP contribution in [0.2, 0.25) is 0 Å². The summed E-state index contributed by atoms with van der Waals surface area (Å²) in [5, 5.41) is 10.4. The molecule has 1 aromatic heterocycles. The Morgan fingerprint density at radius 3 is 2.50 bits per heavy atom. The van der Waals surface area contributed by atoms with Gasteiger partial charge in [0, 0.05) is 26.2 Å². The third kappa shape index (κ3) is 3.90. The average Bonchev–Trinajstić information content (AvgIpc) is 2.82. The highest BCUT2D eigenvalue weighted by Crippen LogP contribution is 2.20. The van der Waals surface area contributed by atoms with E-state index in [4.69, 9.17) is 5.73 Å². The Bertz CT molecular complexity index is 346. The summed E-state index contributed by atoms with van der Waals surface area (Å²) in [5.74, 6) is 0. The SMILES string of the molecule is Cc1nnc(N2CCN(CCCCCN)CC2)s1. The van der Waals surface area contributed by atoms with Crippen LogP contribution in [0.3, 0.4) is 0 Å². The van der Waals surface area contributed by atoms with Gasteiger partial charge in [0.25, 0.3) is 0 Å². The van der Waals surface area contributed by atoms with Crippen LogP contribution in [-0.4, -0.2) is 54.4 Å². The molecule has 1 aliphatic rings. The minimum Gasteiger partial charge on any atom is -0.344 e. The van der Waals surface area contributed by atoms with Gasteiger partial charge < -0.3 is 10.6 Å². The molecule has 102 valence electrons. The molecular formula is C12H23N5S. The van der Waals surface area contributed by atoms with Gasteiger partial charge in [0.15, 0.2) is 0 Å². The van der Waals surface area contributed by atoms with E-state index < -0.39 is 0 Å². The second-order valence-corrected chi connectivity index (χ2v) is 5.94. The number of rotatable bonds is 6. The maximum Gasteiger partial charge on any atom is 0.208 e. The number of nitrogens with two attached hydrogens (primary N) is 1. The second-order valence-electron chi connectivity index (χ2n) is 4.78. The van der Waals surface area contributed by atoms with Crippen molar-refractivity contribution in [2.45, 2.75) is 26.2 Å². The van der Waals surface area contributed by atoms with E-state index in [2.05, 4.69) is 20.0 Å². The Hall–Kier alpha value is -0.720. The van der Waals surface area contributed by atoms with Gasteiger partial charge in [-0.15, -0.1) is 10.2 Å². The third-order valence-electron chi connectivity index (χ3n) is 3.34. The molecule has 2 heterocycles. The molecule has 0 atom stereocenters. The van der Waals surface area contributed by atoms with Crippen molar-refractivity contribution in [1.82, 2.24) is 15.1 Å². The van der Waals surface area contributed by atoms with Gasteiger partial charge in [0.2, 0.25) is 5.13 Å². The molecule has 1 aliphatic heterocycles. The quantitative estimate of drug-likeness (QED) is 0.784. The van der Waals surface area contributed by atoms with Crippen molar-refractivity contribution in [1.29, 1.82) is 0 Å². The summed E-state index contributed by atoms with van der Waals surface area (Å²) >= 11 is 1.69. The lowest BCUT2D eigenvalue weighted by molar-refractivity contribution is 0.252. The first-order chi connectivity index (χ1) is 8.79. The molecule has 0 saturated carbocycles. The van der Waals surface area contributed by atoms with Crippen LogP contribution < -0.4 is 10.6 Å². The van der Waals surface area contributed by atoms with Gasteiger partial charge in [0.05, 0.1) is 0 Å². The Labute approximate surface area is 113 Å². The molecule has 1 aromatic rings. The number of anilines is 1. The maximum atomic E-state index is 5.50. The minimum absolute atomic E-state index is 0.824. The van der Waals surface area contributed by atoms with E-state index in [-0.39, 0.29) is 0 Å². The summed E-state index contributed by atoms with van der Waals surface area (Å²) in [6.45, 7) is 8.47. The Balaban J connectivity index is 1.68. The summed E-state index contributed by atoms with van der Waals surface area (Å²) in [5.41, 5.74) is 5.50. The zero-order valence-corrected chi connectivity index (χ0v) is 12.0. The highest BCUT2D eigenvalue weighted by atomic mass is 32.1. The van der Waals surface area contributed by atoms with E-state index >= 15 is 0 Å². The fourth-order valence-corrected chi connectivity index (χ4v) is 2.97. The molecule has 0 unspecified atom stereocenters. The predicted molar refractivity (Wildman–Crippen MR) is 76.2 cm³/mol. The maximum absolute atomic E-state index is 5.50. The smallest absolute Gasteiger partial charge is 0.208 e. The van der Waals surface area contributed by atoms with Gasteiger partial charge in [-0.3, -0.25) is 4.90 Å². The fourth-order valence-electron chi connectivity index (χ4n) is 2.23. The lowest BCUT2D eigenvalue weighted by Gasteiger charge is -2.34. The molecule has 0 bridgehead atoms. The van der Waals surface area contributed by atoms with Crippen LogP contribution in [-0.2, 0) is 0 Å². The zero-order valence-electron chi connectivity index (χ0n) is 11.1. The standard InChI is InChI=1S/C12H23N5S/c1-11-14-15-12(18-11)17-9-7-16(8-10-17)6-4-2-3-5-13/h2-10,13H2,1H3. The van der Waals surface area contributed by atoms with Gasteiger partial charge in [-0.25, -0.2) is 0 Å². The van der Waals surface area contributed by atoms with Crippen LogP contribution in [0.25, 0.3) is 0 Å². The predicted octanol–water partition coefficient (Wildman–Crippen LogP) is 1.10. The van der Waals surface area contributed by atoms with Crippen molar-refractivity contribution in [2.75, 3.05) is 44.2 Å². The number of piperazine rings is 1. The first-order valence-corrected chi connectivity index (χ1v) is 7.58. The molecule has 0 spiro atoms. The van der Waals surface area contributed by atoms with Gasteiger partial charge >= 0.3 is 0 Å². The van der Waals surface area contributed by atoms with Crippen molar-refractivity contribution in [2.24, 2.45) is 5.73 Å². The first kappa shape index (κ1) is 13.7. The van der Waals surface area contributed by atoms with Crippen molar-refractivity contribution in [3.05, 3.63) is 5.01 Å². The first-order valence-electron chi connectivity index (χ1n) is 6.77. The van der Waals surface area contributed by atoms with Crippen LogP contribution in [0.1, 0.15) is 24.3 Å². The molecule has 1 fully saturated rings. The van der Waals surface area contributed by atoms with Crippen LogP contribution in [0.4, 0.5) is 5.13 Å². The van der Waals surface area contributed by atoms with Gasteiger partial charge in [0.1, 0.15) is 5.01 Å². The third-order valence-corrected chi connectivity index (χ3v) is 4.24. The second kappa shape index (κ2) is 7.01. The molecule has 6 heteroatoms. The van der Waals surface area contributed by atoms with Crippen molar-refractivity contribution < 1.29 is 0 Å². The van der Waals surface area contributed by atoms with E-state index in [1.807, 2.05) is 6.92 Å². The van der Waals surface area contributed by atoms with Crippen LogP contribution in [0, 0.1) is 6.92 Å². The minimum atomic E-state index is 0.824. The van der Waals surface area contributed by atoms with Gasteiger partial charge in [-0.1, -0.05) is 17.8 Å². The van der Waals surface area contributed by atoms with Gasteiger partial charge in [-0.2, -0.15) is 0 Å². The van der Waals surface area contributed by atoms with Crippen molar-refractivity contribution in [3.63, 3.8) is 0 Å². The molecular weight excluding hydrogens is 246 g/mol. The zero-order chi connectivity index (χ0) is 12.8. The number of hydrogen-bond donors (Lipinski definition) is 1. The van der Waals surface area contributed by atoms with Crippen molar-refractivity contribution in [3.8, 4) is 0 Å². The van der Waals surface area contributed by atoms with E-state index in [0.717, 1.165) is 49.3 Å². The lowest BCUT2D eigenvalue weighted by Crippen LogP contribution is -2.46. The number of hydrogen-bond acceptors (Lipinski definition) is 6. The molecule has 0 amide bonds. The molecule has 5 nitrogen and oxygen atoms in total. The van der Waals surface area contributed by atoms with Crippen molar-refractivity contribution >= 4 is 16.5 Å². The fraction of sp³-hybridized carbons (Fsp3) is 0.833. The lowest BCUT2D eigenvalue weighted by atomic mass is 10.2. The van der Waals surface area contributed by atoms with E-state index in [1.54, 1.807) is 11.3 Å². The van der Waals surface area contributed by atoms with E-state index in [1.165, 1.54) is 19.4 Å². The Morgan fingerprint density at radius 2 is 1.89 bits per heavy atom.